The Morgan fingerprint density at radius 2 is 1.80 bits per heavy atom. The molecular weight excluding hydrogens is 584 g/mol. The maximum atomic E-state index is 13.2. The van der Waals surface area contributed by atoms with Crippen molar-refractivity contribution >= 4 is 40.3 Å². The number of carbonyl (C=O) groups is 2. The topological polar surface area (TPSA) is 108 Å². The van der Waals surface area contributed by atoms with Gasteiger partial charge >= 0.3 is 0 Å². The molecule has 0 saturated carbocycles. The van der Waals surface area contributed by atoms with Crippen molar-refractivity contribution in [3.05, 3.63) is 91.5 Å². The van der Waals surface area contributed by atoms with Crippen LogP contribution in [0.25, 0.3) is 11.3 Å². The van der Waals surface area contributed by atoms with Gasteiger partial charge in [-0.1, -0.05) is 38.1 Å². The van der Waals surface area contributed by atoms with Crippen molar-refractivity contribution in [2.75, 3.05) is 31.3 Å². The molecule has 0 unspecified atom stereocenters. The zero-order chi connectivity index (χ0) is 32.2. The molecule has 0 radical (unpaired) electrons. The standard InChI is InChI=1S/C35H42N6O3S/c1-21(2)19-36-31(34(43)40(4)5)23-14-16-25(17-15-23)37-32-35(44)41(6)20-28(38-32)26-11-9-12-27(22(26)3)39-33(42)30-18-24-10-7-8-13-29(24)45-30/h9,11-12,14-18,20-21,31,36H,7-8,10,13,19H2,1-6H3,(H,37,38)(H,39,42)/t31-/m1/s1. The van der Waals surface area contributed by atoms with Gasteiger partial charge in [-0.3, -0.25) is 14.4 Å². The van der Waals surface area contributed by atoms with E-state index in [9.17, 15) is 14.4 Å². The van der Waals surface area contributed by atoms with Gasteiger partial charge in [0.2, 0.25) is 5.91 Å². The summed E-state index contributed by atoms with van der Waals surface area (Å²) in [6, 6.07) is 14.7. The van der Waals surface area contributed by atoms with Crippen LogP contribution in [0.15, 0.2) is 59.5 Å². The lowest BCUT2D eigenvalue weighted by molar-refractivity contribution is -0.131. The van der Waals surface area contributed by atoms with Gasteiger partial charge in [-0.05, 0) is 86.0 Å². The van der Waals surface area contributed by atoms with Gasteiger partial charge in [0.15, 0.2) is 5.82 Å². The fraction of sp³-hybridized carbons (Fsp3) is 0.371. The van der Waals surface area contributed by atoms with Gasteiger partial charge in [-0.15, -0.1) is 11.3 Å². The number of nitrogens with one attached hydrogen (secondary N) is 3. The Hall–Kier alpha value is -4.28. The molecule has 0 spiro atoms. The number of hydrogen-bond acceptors (Lipinski definition) is 7. The highest BCUT2D eigenvalue weighted by Gasteiger charge is 2.23. The second-order valence-corrected chi connectivity index (χ2v) is 13.4. The van der Waals surface area contributed by atoms with Crippen LogP contribution >= 0.6 is 11.3 Å². The van der Waals surface area contributed by atoms with Crippen molar-refractivity contribution in [3.63, 3.8) is 0 Å². The van der Waals surface area contributed by atoms with Crippen molar-refractivity contribution in [1.82, 2.24) is 19.8 Å². The van der Waals surface area contributed by atoms with Crippen LogP contribution in [0.3, 0.4) is 0 Å². The van der Waals surface area contributed by atoms with E-state index in [1.807, 2.05) is 55.5 Å². The van der Waals surface area contributed by atoms with Crippen LogP contribution in [-0.2, 0) is 24.7 Å². The minimum absolute atomic E-state index is 0.0251. The SMILES string of the molecule is Cc1c(NC(=O)c2cc3c(s2)CCCC3)cccc1-c1cn(C)c(=O)c(Nc2ccc([C@@H](NCC(C)C)C(=O)N(C)C)cc2)n1. The van der Waals surface area contributed by atoms with E-state index in [4.69, 9.17) is 4.98 Å². The van der Waals surface area contributed by atoms with E-state index in [1.165, 1.54) is 27.8 Å². The fourth-order valence-electron chi connectivity index (χ4n) is 5.51. The van der Waals surface area contributed by atoms with E-state index < -0.39 is 6.04 Å². The normalized spacial score (nSPS) is 13.3. The molecule has 2 amide bonds. The number of amides is 2. The van der Waals surface area contributed by atoms with E-state index in [0.717, 1.165) is 34.4 Å². The molecule has 45 heavy (non-hydrogen) atoms. The minimum Gasteiger partial charge on any atom is -0.347 e. The molecular formula is C35H42N6O3S. The maximum absolute atomic E-state index is 13.2. The first-order valence-corrected chi connectivity index (χ1v) is 16.3. The third-order valence-electron chi connectivity index (χ3n) is 8.07. The van der Waals surface area contributed by atoms with Crippen molar-refractivity contribution in [2.24, 2.45) is 13.0 Å². The summed E-state index contributed by atoms with van der Waals surface area (Å²) in [5.74, 6) is 0.440. The summed E-state index contributed by atoms with van der Waals surface area (Å²) in [5.41, 5.74) is 5.53. The zero-order valence-corrected chi connectivity index (χ0v) is 27.7. The number of fused-ring (bicyclic) bond motifs is 1. The average molecular weight is 627 g/mol. The molecule has 10 heteroatoms. The van der Waals surface area contributed by atoms with Crippen molar-refractivity contribution in [1.29, 1.82) is 0 Å². The van der Waals surface area contributed by atoms with Crippen molar-refractivity contribution < 1.29 is 9.59 Å². The molecule has 5 rings (SSSR count). The Morgan fingerprint density at radius 1 is 1.07 bits per heavy atom. The van der Waals surface area contributed by atoms with Crippen LogP contribution in [0.2, 0.25) is 0 Å². The highest BCUT2D eigenvalue weighted by atomic mass is 32.1. The second-order valence-electron chi connectivity index (χ2n) is 12.3. The van der Waals surface area contributed by atoms with E-state index in [-0.39, 0.29) is 23.2 Å². The van der Waals surface area contributed by atoms with Crippen LogP contribution in [0.1, 0.15) is 64.0 Å². The highest BCUT2D eigenvalue weighted by Crippen LogP contribution is 2.32. The third kappa shape index (κ3) is 7.34. The van der Waals surface area contributed by atoms with Gasteiger partial charge in [-0.2, -0.15) is 0 Å². The Kier molecular flexibility index (Phi) is 9.84. The molecule has 1 aliphatic rings. The Labute approximate surface area is 268 Å². The molecule has 0 saturated heterocycles. The lowest BCUT2D eigenvalue weighted by Crippen LogP contribution is -2.38. The summed E-state index contributed by atoms with van der Waals surface area (Å²) in [6.07, 6.45) is 6.15. The van der Waals surface area contributed by atoms with Gasteiger partial charge in [0.1, 0.15) is 6.04 Å². The van der Waals surface area contributed by atoms with E-state index in [0.29, 0.717) is 29.5 Å². The molecule has 0 aliphatic heterocycles. The summed E-state index contributed by atoms with van der Waals surface area (Å²) in [7, 11) is 5.19. The smallest absolute Gasteiger partial charge is 0.293 e. The van der Waals surface area contributed by atoms with Gasteiger partial charge in [0, 0.05) is 49.2 Å². The summed E-state index contributed by atoms with van der Waals surface area (Å²) >= 11 is 1.59. The van der Waals surface area contributed by atoms with Gasteiger partial charge < -0.3 is 25.4 Å². The van der Waals surface area contributed by atoms with Crippen molar-refractivity contribution in [3.8, 4) is 11.3 Å². The molecule has 1 atom stereocenters. The predicted molar refractivity (Wildman–Crippen MR) is 183 cm³/mol. The number of anilines is 3. The summed E-state index contributed by atoms with van der Waals surface area (Å²) in [4.78, 5) is 47.5. The summed E-state index contributed by atoms with van der Waals surface area (Å²) in [6.45, 7) is 6.85. The number of benzene rings is 2. The highest BCUT2D eigenvalue weighted by molar-refractivity contribution is 7.14. The fourth-order valence-corrected chi connectivity index (χ4v) is 6.66. The largest absolute Gasteiger partial charge is 0.347 e. The number of rotatable bonds is 10. The number of thiophene rings is 1. The van der Waals surface area contributed by atoms with E-state index in [2.05, 4.69) is 29.8 Å². The first-order valence-electron chi connectivity index (χ1n) is 15.4. The monoisotopic (exact) mass is 626 g/mol. The summed E-state index contributed by atoms with van der Waals surface area (Å²) in [5, 5.41) is 9.64. The predicted octanol–water partition coefficient (Wildman–Crippen LogP) is 6.07. The first-order chi connectivity index (χ1) is 21.5. The Balaban J connectivity index is 1.37. The van der Waals surface area contributed by atoms with Gasteiger partial charge in [-0.25, -0.2) is 4.98 Å². The molecule has 9 nitrogen and oxygen atoms in total. The number of nitrogens with zero attached hydrogens (tertiary/aromatic N) is 3. The second kappa shape index (κ2) is 13.8. The lowest BCUT2D eigenvalue weighted by Gasteiger charge is -2.23. The van der Waals surface area contributed by atoms with Crippen LogP contribution < -0.4 is 21.5 Å². The molecule has 0 bridgehead atoms. The maximum Gasteiger partial charge on any atom is 0.293 e. The number of hydrogen-bond donors (Lipinski definition) is 3. The number of carbonyl (C=O) groups excluding carboxylic acids is 2. The molecule has 1 aliphatic carbocycles. The molecule has 2 aromatic heterocycles. The average Bonchev–Trinajstić information content (AvgIpc) is 3.46. The molecule has 4 aromatic rings. The summed E-state index contributed by atoms with van der Waals surface area (Å²) < 4.78 is 1.50. The third-order valence-corrected chi connectivity index (χ3v) is 9.31. The van der Waals surface area contributed by atoms with Crippen LogP contribution in [0, 0.1) is 12.8 Å². The van der Waals surface area contributed by atoms with Gasteiger partial charge in [0.05, 0.1) is 10.6 Å². The quantitative estimate of drug-likeness (QED) is 0.197. The molecule has 2 heterocycles. The van der Waals surface area contributed by atoms with E-state index >= 15 is 0 Å². The molecule has 3 N–H and O–H groups in total. The van der Waals surface area contributed by atoms with Crippen LogP contribution in [-0.4, -0.2) is 46.9 Å². The number of likely N-dealkylation sites (N-methyl/N-ethyl adjacent to an activating group) is 1. The Morgan fingerprint density at radius 3 is 2.49 bits per heavy atom. The van der Waals surface area contributed by atoms with Crippen LogP contribution in [0.4, 0.5) is 17.2 Å². The number of aromatic nitrogens is 2. The van der Waals surface area contributed by atoms with E-state index in [1.54, 1.807) is 43.6 Å². The lowest BCUT2D eigenvalue weighted by atomic mass is 9.99. The van der Waals surface area contributed by atoms with Gasteiger partial charge in [0.25, 0.3) is 11.5 Å². The first kappa shape index (κ1) is 32.1. The number of aryl methyl sites for hydroxylation is 3. The molecule has 236 valence electrons. The van der Waals surface area contributed by atoms with Crippen LogP contribution in [0.5, 0.6) is 0 Å². The Bertz CT molecular complexity index is 1730. The molecule has 0 fully saturated rings. The van der Waals surface area contributed by atoms with Crippen molar-refractivity contribution in [2.45, 2.75) is 52.5 Å². The molecule has 2 aromatic carbocycles. The zero-order valence-electron chi connectivity index (χ0n) is 26.9. The minimum atomic E-state index is -0.466.